The Balaban J connectivity index is 3.06. The van der Waals surface area contributed by atoms with Crippen molar-refractivity contribution >= 4 is 29.6 Å². The van der Waals surface area contributed by atoms with Crippen LogP contribution in [0.25, 0.3) is 6.08 Å². The average Bonchev–Trinajstić information content (AvgIpc) is 2.66. The molecule has 0 fully saturated rings. The minimum Gasteiger partial charge on any atom is -0.478 e. The number of aliphatic carboxylic acids is 1. The van der Waals surface area contributed by atoms with Crippen molar-refractivity contribution in [1.29, 1.82) is 0 Å². The fourth-order valence-corrected chi connectivity index (χ4v) is 2.70. The molecule has 5 nitrogen and oxygen atoms in total. The van der Waals surface area contributed by atoms with E-state index in [1.165, 1.54) is 0 Å². The van der Waals surface area contributed by atoms with E-state index in [9.17, 15) is 4.79 Å². The standard InChI is InChI=1S/C14H23N3O2S/c1-10(8-9-20-5)16(3)14-12(6-7-13(18)19)11(2)15-17(14)4/h6-7,10H,8-9H2,1-5H3,(H,18,19)/b7-6+. The molecule has 1 N–H and O–H groups in total. The van der Waals surface area contributed by atoms with Crippen LogP contribution in [0.3, 0.4) is 0 Å². The Hall–Kier alpha value is -1.43. The molecule has 0 aliphatic carbocycles. The van der Waals surface area contributed by atoms with Gasteiger partial charge >= 0.3 is 5.97 Å². The van der Waals surface area contributed by atoms with Crippen molar-refractivity contribution in [3.8, 4) is 0 Å². The first-order valence-electron chi connectivity index (χ1n) is 6.54. The van der Waals surface area contributed by atoms with Crippen molar-refractivity contribution in [2.45, 2.75) is 26.3 Å². The maximum Gasteiger partial charge on any atom is 0.328 e. The number of aromatic nitrogens is 2. The molecule has 1 aromatic heterocycles. The fraction of sp³-hybridized carbons (Fsp3) is 0.571. The van der Waals surface area contributed by atoms with Gasteiger partial charge in [-0.25, -0.2) is 4.79 Å². The summed E-state index contributed by atoms with van der Waals surface area (Å²) >= 11 is 1.83. The molecule has 0 radical (unpaired) electrons. The third-order valence-corrected chi connectivity index (χ3v) is 4.01. The second kappa shape index (κ2) is 7.38. The Morgan fingerprint density at radius 2 is 2.25 bits per heavy atom. The molecule has 1 unspecified atom stereocenters. The number of hydrogen-bond donors (Lipinski definition) is 1. The SMILES string of the molecule is CSCCC(C)N(C)c1c(/C=C/C(=O)O)c(C)nn1C. The summed E-state index contributed by atoms with van der Waals surface area (Å²) in [5.74, 6) is 1.11. The normalized spacial score (nSPS) is 12.8. The van der Waals surface area contributed by atoms with Crippen molar-refractivity contribution in [3.63, 3.8) is 0 Å². The van der Waals surface area contributed by atoms with Gasteiger partial charge in [0.15, 0.2) is 0 Å². The van der Waals surface area contributed by atoms with E-state index in [-0.39, 0.29) is 0 Å². The minimum absolute atomic E-state index is 0.370. The maximum absolute atomic E-state index is 10.7. The van der Waals surface area contributed by atoms with Crippen molar-refractivity contribution < 1.29 is 9.90 Å². The van der Waals surface area contributed by atoms with E-state index in [0.29, 0.717) is 6.04 Å². The second-order valence-electron chi connectivity index (χ2n) is 4.86. The molecule has 1 heterocycles. The van der Waals surface area contributed by atoms with E-state index >= 15 is 0 Å². The van der Waals surface area contributed by atoms with E-state index in [1.807, 2.05) is 37.5 Å². The van der Waals surface area contributed by atoms with Crippen LogP contribution in [0.1, 0.15) is 24.6 Å². The summed E-state index contributed by atoms with van der Waals surface area (Å²) < 4.78 is 1.81. The fourth-order valence-electron chi connectivity index (χ4n) is 2.12. The van der Waals surface area contributed by atoms with Gasteiger partial charge in [0.25, 0.3) is 0 Å². The molecule has 1 rings (SSSR count). The van der Waals surface area contributed by atoms with Crippen molar-refractivity contribution in [2.24, 2.45) is 7.05 Å². The van der Waals surface area contributed by atoms with E-state index in [1.54, 1.807) is 6.08 Å². The molecule has 0 aliphatic rings. The van der Waals surface area contributed by atoms with Crippen molar-refractivity contribution in [2.75, 3.05) is 24.0 Å². The van der Waals surface area contributed by atoms with Crippen LogP contribution in [0.15, 0.2) is 6.08 Å². The molecule has 0 spiro atoms. The maximum atomic E-state index is 10.7. The van der Waals surface area contributed by atoms with Crippen molar-refractivity contribution in [1.82, 2.24) is 9.78 Å². The quantitative estimate of drug-likeness (QED) is 0.783. The van der Waals surface area contributed by atoms with Gasteiger partial charge in [0, 0.05) is 31.8 Å². The lowest BCUT2D eigenvalue weighted by molar-refractivity contribution is -0.131. The number of carboxylic acids is 1. The van der Waals surface area contributed by atoms with Crippen LogP contribution < -0.4 is 4.90 Å². The third kappa shape index (κ3) is 4.03. The topological polar surface area (TPSA) is 58.4 Å². The summed E-state index contributed by atoms with van der Waals surface area (Å²) in [7, 11) is 3.91. The summed E-state index contributed by atoms with van der Waals surface area (Å²) in [6, 6.07) is 0.370. The molecule has 6 heteroatoms. The summed E-state index contributed by atoms with van der Waals surface area (Å²) in [6.45, 7) is 4.06. The van der Waals surface area contributed by atoms with E-state index in [0.717, 1.165) is 35.3 Å². The van der Waals surface area contributed by atoms with Crippen LogP contribution in [0.4, 0.5) is 5.82 Å². The van der Waals surface area contributed by atoms with E-state index < -0.39 is 5.97 Å². The number of aryl methyl sites for hydroxylation is 2. The van der Waals surface area contributed by atoms with E-state index in [4.69, 9.17) is 5.11 Å². The van der Waals surface area contributed by atoms with Crippen LogP contribution in [0, 0.1) is 6.92 Å². The van der Waals surface area contributed by atoms with Gasteiger partial charge in [-0.3, -0.25) is 4.68 Å². The summed E-state index contributed by atoms with van der Waals surface area (Å²) in [5, 5.41) is 13.2. The van der Waals surface area contributed by atoms with Gasteiger partial charge < -0.3 is 10.0 Å². The Morgan fingerprint density at radius 1 is 1.60 bits per heavy atom. The lowest BCUT2D eigenvalue weighted by Crippen LogP contribution is -2.31. The van der Waals surface area contributed by atoms with Crippen LogP contribution in [0.5, 0.6) is 0 Å². The van der Waals surface area contributed by atoms with Crippen LogP contribution in [-0.4, -0.2) is 46.0 Å². The molecular weight excluding hydrogens is 274 g/mol. The molecule has 0 saturated carbocycles. The van der Waals surface area contributed by atoms with Gasteiger partial charge in [0.2, 0.25) is 0 Å². The highest BCUT2D eigenvalue weighted by Crippen LogP contribution is 2.26. The molecule has 20 heavy (non-hydrogen) atoms. The van der Waals surface area contributed by atoms with Gasteiger partial charge in [-0.2, -0.15) is 16.9 Å². The Labute approximate surface area is 124 Å². The largest absolute Gasteiger partial charge is 0.478 e. The highest BCUT2D eigenvalue weighted by molar-refractivity contribution is 7.98. The monoisotopic (exact) mass is 297 g/mol. The summed E-state index contributed by atoms with van der Waals surface area (Å²) in [4.78, 5) is 12.9. The first kappa shape index (κ1) is 16.6. The first-order chi connectivity index (χ1) is 9.38. The highest BCUT2D eigenvalue weighted by Gasteiger charge is 2.19. The van der Waals surface area contributed by atoms with Gasteiger partial charge in [-0.1, -0.05) is 0 Å². The lowest BCUT2D eigenvalue weighted by Gasteiger charge is -2.27. The molecule has 0 aliphatic heterocycles. The smallest absolute Gasteiger partial charge is 0.328 e. The summed E-state index contributed by atoms with van der Waals surface area (Å²) in [6.07, 6.45) is 5.96. The first-order valence-corrected chi connectivity index (χ1v) is 7.94. The van der Waals surface area contributed by atoms with Gasteiger partial charge in [0.05, 0.1) is 5.69 Å². The zero-order valence-corrected chi connectivity index (χ0v) is 13.6. The number of carbonyl (C=O) groups is 1. The van der Waals surface area contributed by atoms with Gasteiger partial charge in [0.1, 0.15) is 5.82 Å². The Bertz CT molecular complexity index is 497. The highest BCUT2D eigenvalue weighted by atomic mass is 32.2. The molecule has 0 bridgehead atoms. The minimum atomic E-state index is -0.947. The zero-order valence-electron chi connectivity index (χ0n) is 12.8. The number of hydrogen-bond acceptors (Lipinski definition) is 4. The van der Waals surface area contributed by atoms with Crippen molar-refractivity contribution in [3.05, 3.63) is 17.3 Å². The number of anilines is 1. The van der Waals surface area contributed by atoms with E-state index in [2.05, 4.69) is 23.2 Å². The third-order valence-electron chi connectivity index (χ3n) is 3.36. The molecule has 1 aromatic rings. The number of nitrogens with zero attached hydrogens (tertiary/aromatic N) is 3. The molecule has 0 saturated heterocycles. The molecule has 0 aromatic carbocycles. The van der Waals surface area contributed by atoms with Crippen LogP contribution in [0.2, 0.25) is 0 Å². The Kier molecular flexibility index (Phi) is 6.13. The predicted molar refractivity (Wildman–Crippen MR) is 85.5 cm³/mol. The molecule has 112 valence electrons. The molecular formula is C14H23N3O2S. The number of carboxylic acid groups (broad SMARTS) is 1. The Morgan fingerprint density at radius 3 is 2.80 bits per heavy atom. The number of rotatable bonds is 7. The predicted octanol–water partition coefficient (Wildman–Crippen LogP) is 2.40. The summed E-state index contributed by atoms with van der Waals surface area (Å²) in [5.41, 5.74) is 1.71. The second-order valence-corrected chi connectivity index (χ2v) is 5.84. The zero-order chi connectivity index (χ0) is 15.3. The molecule has 1 atom stereocenters. The van der Waals surface area contributed by atoms with Gasteiger partial charge in [-0.05, 0) is 38.4 Å². The number of thioether (sulfide) groups is 1. The van der Waals surface area contributed by atoms with Crippen LogP contribution in [-0.2, 0) is 11.8 Å². The average molecular weight is 297 g/mol. The van der Waals surface area contributed by atoms with Crippen LogP contribution >= 0.6 is 11.8 Å². The molecule has 0 amide bonds. The lowest BCUT2D eigenvalue weighted by atomic mass is 10.1. The van der Waals surface area contributed by atoms with Gasteiger partial charge in [-0.15, -0.1) is 0 Å².